The van der Waals surface area contributed by atoms with Crippen molar-refractivity contribution in [2.24, 2.45) is 0 Å². The summed E-state index contributed by atoms with van der Waals surface area (Å²) in [6.07, 6.45) is 0.857. The first-order valence-corrected chi connectivity index (χ1v) is 9.72. The normalized spacial score (nSPS) is 11.2. The molecule has 0 bridgehead atoms. The third-order valence-corrected chi connectivity index (χ3v) is 7.02. The van der Waals surface area contributed by atoms with E-state index in [0.29, 0.717) is 5.75 Å². The van der Waals surface area contributed by atoms with Gasteiger partial charge in [0.15, 0.2) is 0 Å². The van der Waals surface area contributed by atoms with Gasteiger partial charge in [-0.1, -0.05) is 58.9 Å². The van der Waals surface area contributed by atoms with Gasteiger partial charge in [0, 0.05) is 23.4 Å². The summed E-state index contributed by atoms with van der Waals surface area (Å²) in [4.78, 5) is 3.61. The van der Waals surface area contributed by atoms with Gasteiger partial charge in [-0.3, -0.25) is 4.90 Å². The molecule has 1 N–H and O–H groups in total. The van der Waals surface area contributed by atoms with Crippen LogP contribution in [0.4, 0.5) is 0 Å². The lowest BCUT2D eigenvalue weighted by molar-refractivity contribution is 0.290. The van der Waals surface area contributed by atoms with Gasteiger partial charge < -0.3 is 5.11 Å². The molecule has 2 rings (SSSR count). The molecule has 0 fully saturated rings. The maximum Gasteiger partial charge on any atom is 0.120 e. The largest absolute Gasteiger partial charge is 0.508 e. The molecular formula is C16H21NOS3. The maximum atomic E-state index is 10.1. The van der Waals surface area contributed by atoms with Gasteiger partial charge in [0.25, 0.3) is 0 Å². The minimum atomic E-state index is 0.383. The number of phenols is 1. The van der Waals surface area contributed by atoms with Crippen molar-refractivity contribution in [2.45, 2.75) is 33.7 Å². The summed E-state index contributed by atoms with van der Waals surface area (Å²) < 4.78 is 0.996. The zero-order chi connectivity index (χ0) is 15.4. The first kappa shape index (κ1) is 16.6. The minimum absolute atomic E-state index is 0.383. The zero-order valence-corrected chi connectivity index (χ0v) is 15.1. The Morgan fingerprint density at radius 3 is 2.48 bits per heavy atom. The van der Waals surface area contributed by atoms with Gasteiger partial charge in [0.1, 0.15) is 9.57 Å². The standard InChI is InChI=1S/C16H21NOS3/c1-4-17(5-2)10-13-8-12(6-7-15(13)18)9-14-11(3)20-21-16(14)19/h6-8,18H,4-5,9-10H2,1-3H3. The lowest BCUT2D eigenvalue weighted by atomic mass is 10.0. The van der Waals surface area contributed by atoms with Gasteiger partial charge in [0.2, 0.25) is 0 Å². The highest BCUT2D eigenvalue weighted by molar-refractivity contribution is 7.79. The topological polar surface area (TPSA) is 23.5 Å². The van der Waals surface area contributed by atoms with Gasteiger partial charge in [0.05, 0.1) is 0 Å². The first-order valence-electron chi connectivity index (χ1n) is 7.16. The van der Waals surface area contributed by atoms with E-state index in [1.165, 1.54) is 16.0 Å². The van der Waals surface area contributed by atoms with E-state index in [-0.39, 0.29) is 0 Å². The number of aryl methyl sites for hydroxylation is 1. The molecule has 1 heterocycles. The molecule has 0 amide bonds. The van der Waals surface area contributed by atoms with Gasteiger partial charge in [-0.25, -0.2) is 0 Å². The predicted molar refractivity (Wildman–Crippen MR) is 95.3 cm³/mol. The lowest BCUT2D eigenvalue weighted by Crippen LogP contribution is -2.22. The van der Waals surface area contributed by atoms with Crippen molar-refractivity contribution in [2.75, 3.05) is 13.1 Å². The van der Waals surface area contributed by atoms with Crippen LogP contribution in [0.25, 0.3) is 0 Å². The minimum Gasteiger partial charge on any atom is -0.508 e. The van der Waals surface area contributed by atoms with E-state index < -0.39 is 0 Å². The number of aromatic hydroxyl groups is 1. The van der Waals surface area contributed by atoms with E-state index in [2.05, 4.69) is 31.7 Å². The first-order chi connectivity index (χ1) is 10.0. The van der Waals surface area contributed by atoms with E-state index in [1.807, 2.05) is 12.1 Å². The second-order valence-corrected chi connectivity index (χ2v) is 8.11. The van der Waals surface area contributed by atoms with Gasteiger partial charge in [-0.15, -0.1) is 0 Å². The third-order valence-electron chi connectivity index (χ3n) is 3.73. The summed E-state index contributed by atoms with van der Waals surface area (Å²) in [6, 6.07) is 5.92. The fourth-order valence-corrected chi connectivity index (χ4v) is 4.98. The SMILES string of the molecule is CCN(CC)Cc1cc(Cc2c(C)ssc2=S)ccc1O. The van der Waals surface area contributed by atoms with Crippen LogP contribution in [0.15, 0.2) is 18.2 Å². The van der Waals surface area contributed by atoms with Crippen LogP contribution in [-0.4, -0.2) is 23.1 Å². The van der Waals surface area contributed by atoms with E-state index in [0.717, 1.165) is 35.4 Å². The highest BCUT2D eigenvalue weighted by Gasteiger charge is 2.10. The van der Waals surface area contributed by atoms with Crippen LogP contribution >= 0.6 is 32.9 Å². The number of hydrogen-bond acceptors (Lipinski definition) is 5. The van der Waals surface area contributed by atoms with Crippen molar-refractivity contribution in [3.8, 4) is 5.75 Å². The molecule has 1 aromatic heterocycles. The van der Waals surface area contributed by atoms with Crippen molar-refractivity contribution in [3.63, 3.8) is 0 Å². The summed E-state index contributed by atoms with van der Waals surface area (Å²) in [5.74, 6) is 0.383. The molecule has 2 aromatic rings. The van der Waals surface area contributed by atoms with E-state index in [4.69, 9.17) is 12.2 Å². The van der Waals surface area contributed by atoms with Crippen LogP contribution in [0, 0.1) is 10.7 Å². The van der Waals surface area contributed by atoms with Crippen molar-refractivity contribution >= 4 is 32.9 Å². The van der Waals surface area contributed by atoms with Gasteiger partial charge >= 0.3 is 0 Å². The summed E-state index contributed by atoms with van der Waals surface area (Å²) in [5, 5.41) is 10.1. The molecule has 5 heteroatoms. The van der Waals surface area contributed by atoms with E-state index >= 15 is 0 Å². The number of rotatable bonds is 6. The highest BCUT2D eigenvalue weighted by atomic mass is 32.9. The summed E-state index contributed by atoms with van der Waals surface area (Å²) >= 11 is 5.41. The van der Waals surface area contributed by atoms with E-state index in [9.17, 15) is 5.11 Å². The number of phenolic OH excluding ortho intramolecular Hbond substituents is 1. The molecule has 0 atom stereocenters. The molecular weight excluding hydrogens is 318 g/mol. The molecule has 0 aliphatic rings. The molecule has 0 saturated carbocycles. The number of benzene rings is 1. The quantitative estimate of drug-likeness (QED) is 0.593. The maximum absolute atomic E-state index is 10.1. The van der Waals surface area contributed by atoms with Crippen molar-refractivity contribution in [3.05, 3.63) is 43.6 Å². The van der Waals surface area contributed by atoms with Gasteiger partial charge in [-0.05, 0) is 37.2 Å². The highest BCUT2D eigenvalue weighted by Crippen LogP contribution is 2.28. The van der Waals surface area contributed by atoms with Crippen LogP contribution in [0.5, 0.6) is 5.75 Å². The Labute approximate surface area is 139 Å². The summed E-state index contributed by atoms with van der Waals surface area (Å²) in [7, 11) is 3.43. The van der Waals surface area contributed by atoms with Crippen molar-refractivity contribution in [1.29, 1.82) is 0 Å². The summed E-state index contributed by atoms with van der Waals surface area (Å²) in [6.45, 7) is 9.18. The van der Waals surface area contributed by atoms with E-state index in [1.54, 1.807) is 20.7 Å². The van der Waals surface area contributed by atoms with Gasteiger partial charge in [-0.2, -0.15) is 0 Å². The molecule has 0 saturated heterocycles. The van der Waals surface area contributed by atoms with Crippen molar-refractivity contribution in [1.82, 2.24) is 4.90 Å². The van der Waals surface area contributed by atoms with Crippen LogP contribution in [0.2, 0.25) is 0 Å². The Morgan fingerprint density at radius 2 is 1.90 bits per heavy atom. The fourth-order valence-electron chi connectivity index (χ4n) is 2.31. The van der Waals surface area contributed by atoms with Crippen LogP contribution in [-0.2, 0) is 13.0 Å². The second kappa shape index (κ2) is 7.49. The average molecular weight is 340 g/mol. The Bertz CT molecular complexity index is 656. The van der Waals surface area contributed by atoms with Crippen LogP contribution in [0.1, 0.15) is 35.4 Å². The molecule has 114 valence electrons. The zero-order valence-electron chi connectivity index (χ0n) is 12.7. The van der Waals surface area contributed by atoms with Crippen LogP contribution < -0.4 is 0 Å². The van der Waals surface area contributed by atoms with Crippen LogP contribution in [0.3, 0.4) is 0 Å². The Kier molecular flexibility index (Phi) is 5.93. The fraction of sp³-hybridized carbons (Fsp3) is 0.438. The average Bonchev–Trinajstić information content (AvgIpc) is 2.79. The summed E-state index contributed by atoms with van der Waals surface area (Å²) in [5.41, 5.74) is 3.48. The number of hydrogen-bond donors (Lipinski definition) is 1. The third kappa shape index (κ3) is 4.13. The Morgan fingerprint density at radius 1 is 1.19 bits per heavy atom. The molecule has 1 aromatic carbocycles. The molecule has 0 unspecified atom stereocenters. The molecule has 0 spiro atoms. The predicted octanol–water partition coefficient (Wildman–Crippen LogP) is 4.99. The lowest BCUT2D eigenvalue weighted by Gasteiger charge is -2.19. The molecule has 0 radical (unpaired) electrons. The smallest absolute Gasteiger partial charge is 0.120 e. The second-order valence-electron chi connectivity index (χ2n) is 5.09. The van der Waals surface area contributed by atoms with Crippen molar-refractivity contribution < 1.29 is 5.11 Å². The Balaban J connectivity index is 2.24. The molecule has 21 heavy (non-hydrogen) atoms. The molecule has 2 nitrogen and oxygen atoms in total. The molecule has 0 aliphatic heterocycles. The Hall–Kier alpha value is -0.750. The monoisotopic (exact) mass is 339 g/mol. The molecule has 0 aliphatic carbocycles. The number of nitrogens with zero attached hydrogens (tertiary/aromatic N) is 1.